The number of amides is 1. The van der Waals surface area contributed by atoms with Gasteiger partial charge >= 0.3 is 5.97 Å². The van der Waals surface area contributed by atoms with Gasteiger partial charge in [0.2, 0.25) is 5.88 Å². The molecule has 0 aliphatic carbocycles. The van der Waals surface area contributed by atoms with Crippen molar-refractivity contribution in [2.45, 2.75) is 19.4 Å². The van der Waals surface area contributed by atoms with Gasteiger partial charge in [0.15, 0.2) is 0 Å². The second-order valence-electron chi connectivity index (χ2n) is 6.28. The third kappa shape index (κ3) is 4.55. The molecule has 9 heteroatoms. The molecule has 3 rings (SSSR count). The molecule has 0 radical (unpaired) electrons. The topological polar surface area (TPSA) is 111 Å². The van der Waals surface area contributed by atoms with Crippen molar-refractivity contribution in [2.75, 3.05) is 26.8 Å². The van der Waals surface area contributed by atoms with E-state index in [-0.39, 0.29) is 35.4 Å². The van der Waals surface area contributed by atoms with E-state index in [1.807, 2.05) is 0 Å². The number of hydrogen-bond donors (Lipinski definition) is 1. The van der Waals surface area contributed by atoms with Crippen LogP contribution in [0.2, 0.25) is 0 Å². The zero-order valence-electron chi connectivity index (χ0n) is 15.6. The molecule has 1 aromatic carbocycles. The maximum atomic E-state index is 12.1. The van der Waals surface area contributed by atoms with Crippen molar-refractivity contribution in [2.24, 2.45) is 0 Å². The summed E-state index contributed by atoms with van der Waals surface area (Å²) in [5.41, 5.74) is 0.467. The lowest BCUT2D eigenvalue weighted by Gasteiger charge is -2.30. The van der Waals surface area contributed by atoms with Gasteiger partial charge in [0.1, 0.15) is 23.3 Å². The quantitative estimate of drug-likeness (QED) is 0.714. The van der Waals surface area contributed by atoms with E-state index in [9.17, 15) is 9.59 Å². The van der Waals surface area contributed by atoms with Gasteiger partial charge in [0.25, 0.3) is 5.91 Å². The SMILES string of the molecule is COC(=O)c1cc(Oc2cnc(C(=O)N3CCC3)cn2)cc(O[C@@H](C)CO)c1. The number of ether oxygens (including phenoxy) is 3. The van der Waals surface area contributed by atoms with Gasteiger partial charge in [0, 0.05) is 19.2 Å². The lowest BCUT2D eigenvalue weighted by molar-refractivity contribution is 0.0597. The number of hydrogen-bond acceptors (Lipinski definition) is 8. The van der Waals surface area contributed by atoms with Crippen LogP contribution in [-0.4, -0.2) is 64.8 Å². The number of esters is 1. The number of aromatic nitrogens is 2. The number of benzene rings is 1. The van der Waals surface area contributed by atoms with E-state index in [0.29, 0.717) is 5.75 Å². The van der Waals surface area contributed by atoms with Crippen molar-refractivity contribution in [3.63, 3.8) is 0 Å². The van der Waals surface area contributed by atoms with Gasteiger partial charge in [-0.25, -0.2) is 14.8 Å². The number of aliphatic hydroxyl groups is 1. The van der Waals surface area contributed by atoms with Crippen molar-refractivity contribution >= 4 is 11.9 Å². The van der Waals surface area contributed by atoms with Crippen LogP contribution in [0.1, 0.15) is 34.2 Å². The number of nitrogens with zero attached hydrogens (tertiary/aromatic N) is 3. The van der Waals surface area contributed by atoms with Gasteiger partial charge in [0.05, 0.1) is 31.7 Å². The molecule has 1 fully saturated rings. The highest BCUT2D eigenvalue weighted by Crippen LogP contribution is 2.27. The number of aliphatic hydroxyl groups excluding tert-OH is 1. The number of carbonyl (C=O) groups excluding carboxylic acids is 2. The molecule has 2 aromatic rings. The van der Waals surface area contributed by atoms with E-state index >= 15 is 0 Å². The smallest absolute Gasteiger partial charge is 0.338 e. The van der Waals surface area contributed by atoms with E-state index in [0.717, 1.165) is 19.5 Å². The summed E-state index contributed by atoms with van der Waals surface area (Å²) in [5.74, 6) is 0.0414. The third-order valence-electron chi connectivity index (χ3n) is 4.11. The molecule has 1 atom stereocenters. The standard InChI is InChI=1S/C19H21N3O6/c1-12(11-23)27-14-6-13(19(25)26-2)7-15(8-14)28-17-10-20-16(9-21-17)18(24)22-4-3-5-22/h6-10,12,23H,3-5,11H2,1-2H3/t12-/m0/s1. The fourth-order valence-electron chi connectivity index (χ4n) is 2.49. The Morgan fingerprint density at radius 1 is 1.18 bits per heavy atom. The van der Waals surface area contributed by atoms with E-state index in [1.54, 1.807) is 17.9 Å². The van der Waals surface area contributed by atoms with Crippen molar-refractivity contribution in [3.05, 3.63) is 41.9 Å². The summed E-state index contributed by atoms with van der Waals surface area (Å²) in [4.78, 5) is 33.9. The Balaban J connectivity index is 1.78. The fourth-order valence-corrected chi connectivity index (χ4v) is 2.49. The van der Waals surface area contributed by atoms with Crippen LogP contribution in [0, 0.1) is 0 Å². The molecule has 0 spiro atoms. The van der Waals surface area contributed by atoms with Gasteiger partial charge in [-0.1, -0.05) is 0 Å². The van der Waals surface area contributed by atoms with Gasteiger partial charge in [-0.2, -0.15) is 0 Å². The van der Waals surface area contributed by atoms with E-state index in [2.05, 4.69) is 9.97 Å². The predicted octanol–water partition coefficient (Wildman–Crippen LogP) is 1.66. The van der Waals surface area contributed by atoms with Gasteiger partial charge < -0.3 is 24.2 Å². The number of methoxy groups -OCH3 is 1. The lowest BCUT2D eigenvalue weighted by Crippen LogP contribution is -2.42. The van der Waals surface area contributed by atoms with E-state index in [4.69, 9.17) is 19.3 Å². The lowest BCUT2D eigenvalue weighted by atomic mass is 10.2. The molecular weight excluding hydrogens is 366 g/mol. The van der Waals surface area contributed by atoms with E-state index < -0.39 is 12.1 Å². The van der Waals surface area contributed by atoms with Crippen LogP contribution in [0.25, 0.3) is 0 Å². The minimum Gasteiger partial charge on any atom is -0.488 e. The molecule has 9 nitrogen and oxygen atoms in total. The molecule has 1 aromatic heterocycles. The summed E-state index contributed by atoms with van der Waals surface area (Å²) in [6, 6.07) is 4.52. The maximum absolute atomic E-state index is 12.1. The molecule has 1 aliphatic rings. The molecule has 0 unspecified atom stereocenters. The molecule has 1 N–H and O–H groups in total. The van der Waals surface area contributed by atoms with Gasteiger partial charge in [-0.3, -0.25) is 4.79 Å². The highest BCUT2D eigenvalue weighted by Gasteiger charge is 2.23. The van der Waals surface area contributed by atoms with Crippen LogP contribution in [0.15, 0.2) is 30.6 Å². The summed E-state index contributed by atoms with van der Waals surface area (Å²) in [5, 5.41) is 9.16. The second-order valence-corrected chi connectivity index (χ2v) is 6.28. The molecule has 148 valence electrons. The Morgan fingerprint density at radius 3 is 2.50 bits per heavy atom. The highest BCUT2D eigenvalue weighted by molar-refractivity contribution is 5.92. The van der Waals surface area contributed by atoms with Crippen LogP contribution in [0.3, 0.4) is 0 Å². The average molecular weight is 387 g/mol. The summed E-state index contributed by atoms with van der Waals surface area (Å²) < 4.78 is 15.9. The monoisotopic (exact) mass is 387 g/mol. The van der Waals surface area contributed by atoms with Crippen molar-refractivity contribution < 1.29 is 28.9 Å². The van der Waals surface area contributed by atoms with Crippen molar-refractivity contribution in [3.8, 4) is 17.4 Å². The number of likely N-dealkylation sites (tertiary alicyclic amines) is 1. The Hall–Kier alpha value is -3.20. The van der Waals surface area contributed by atoms with E-state index in [1.165, 1.54) is 31.6 Å². The van der Waals surface area contributed by atoms with Gasteiger partial charge in [-0.05, 0) is 25.5 Å². The molecule has 1 amide bonds. The van der Waals surface area contributed by atoms with Crippen molar-refractivity contribution in [1.82, 2.24) is 14.9 Å². The Labute approximate surface area is 161 Å². The molecule has 0 saturated carbocycles. The molecule has 0 bridgehead atoms. The Morgan fingerprint density at radius 2 is 1.93 bits per heavy atom. The first-order chi connectivity index (χ1) is 13.5. The highest BCUT2D eigenvalue weighted by atomic mass is 16.5. The van der Waals surface area contributed by atoms with Gasteiger partial charge in [-0.15, -0.1) is 0 Å². The van der Waals surface area contributed by atoms with Crippen LogP contribution >= 0.6 is 0 Å². The molecule has 1 saturated heterocycles. The maximum Gasteiger partial charge on any atom is 0.338 e. The Bertz CT molecular complexity index is 851. The van der Waals surface area contributed by atoms with Crippen LogP contribution in [0.4, 0.5) is 0 Å². The normalized spacial score (nSPS) is 14.0. The molecule has 1 aliphatic heterocycles. The fraction of sp³-hybridized carbons (Fsp3) is 0.368. The summed E-state index contributed by atoms with van der Waals surface area (Å²) in [7, 11) is 1.27. The summed E-state index contributed by atoms with van der Waals surface area (Å²) >= 11 is 0. The zero-order valence-corrected chi connectivity index (χ0v) is 15.6. The molecule has 2 heterocycles. The first-order valence-corrected chi connectivity index (χ1v) is 8.80. The minimum absolute atomic E-state index is 0.156. The number of carbonyl (C=O) groups is 2. The molecule has 28 heavy (non-hydrogen) atoms. The van der Waals surface area contributed by atoms with Crippen LogP contribution in [0.5, 0.6) is 17.4 Å². The minimum atomic E-state index is -0.562. The first kappa shape index (κ1) is 19.6. The predicted molar refractivity (Wildman–Crippen MR) is 97.6 cm³/mol. The zero-order chi connectivity index (χ0) is 20.1. The third-order valence-corrected chi connectivity index (χ3v) is 4.11. The largest absolute Gasteiger partial charge is 0.488 e. The number of rotatable bonds is 7. The van der Waals surface area contributed by atoms with Crippen molar-refractivity contribution in [1.29, 1.82) is 0 Å². The summed E-state index contributed by atoms with van der Waals surface area (Å²) in [6.07, 6.45) is 3.23. The second kappa shape index (κ2) is 8.66. The average Bonchev–Trinajstić information content (AvgIpc) is 2.66. The Kier molecular flexibility index (Phi) is 6.05. The first-order valence-electron chi connectivity index (χ1n) is 8.80. The molecular formula is C19H21N3O6. The van der Waals surface area contributed by atoms with Crippen LogP contribution < -0.4 is 9.47 Å². The van der Waals surface area contributed by atoms with Crippen LogP contribution in [-0.2, 0) is 4.74 Å². The summed E-state index contributed by atoms with van der Waals surface area (Å²) in [6.45, 7) is 2.96.